The Kier molecular flexibility index (Phi) is 4.55. The van der Waals surface area contributed by atoms with Crippen LogP contribution in [0.4, 0.5) is 0 Å². The van der Waals surface area contributed by atoms with Gasteiger partial charge >= 0.3 is 0 Å². The molecule has 2 aromatic carbocycles. The van der Waals surface area contributed by atoms with Crippen molar-refractivity contribution in [2.75, 3.05) is 0 Å². The molecule has 0 heterocycles. The molecule has 1 heteroatoms. The van der Waals surface area contributed by atoms with Crippen LogP contribution in [0.25, 0.3) is 11.1 Å². The van der Waals surface area contributed by atoms with Crippen LogP contribution in [0.15, 0.2) is 42.5 Å². The van der Waals surface area contributed by atoms with Crippen LogP contribution >= 0.6 is 9.24 Å². The van der Waals surface area contributed by atoms with Crippen molar-refractivity contribution >= 4 is 9.24 Å². The standard InChI is InChI=1S/C17H21P/c1-3-13-5-7-16(8-6-13)17-10-14(4-2)9-15(11-17)12-18/h5-11H,3-4,12,18H2,1-2H3. The normalized spacial score (nSPS) is 10.6. The van der Waals surface area contributed by atoms with Gasteiger partial charge in [0.05, 0.1) is 0 Å². The number of rotatable bonds is 4. The molecule has 0 aliphatic carbocycles. The third kappa shape index (κ3) is 3.00. The third-order valence-electron chi connectivity index (χ3n) is 3.39. The van der Waals surface area contributed by atoms with Gasteiger partial charge in [0.25, 0.3) is 0 Å². The lowest BCUT2D eigenvalue weighted by atomic mass is 9.98. The monoisotopic (exact) mass is 256 g/mol. The van der Waals surface area contributed by atoms with Gasteiger partial charge in [-0.2, -0.15) is 0 Å². The summed E-state index contributed by atoms with van der Waals surface area (Å²) in [7, 11) is 2.81. The third-order valence-corrected chi connectivity index (χ3v) is 3.86. The predicted octanol–water partition coefficient (Wildman–Crippen LogP) is 4.85. The molecule has 1 unspecified atom stereocenters. The highest BCUT2D eigenvalue weighted by molar-refractivity contribution is 7.15. The molecular weight excluding hydrogens is 235 g/mol. The Labute approximate surface area is 113 Å². The predicted molar refractivity (Wildman–Crippen MR) is 84.0 cm³/mol. The van der Waals surface area contributed by atoms with Crippen LogP contribution in [0, 0.1) is 0 Å². The minimum atomic E-state index is 1.02. The first kappa shape index (κ1) is 13.3. The number of benzene rings is 2. The molecule has 0 amide bonds. The largest absolute Gasteiger partial charge is 0.133 e. The second-order valence-corrected chi connectivity index (χ2v) is 5.05. The zero-order chi connectivity index (χ0) is 13.0. The molecule has 0 fully saturated rings. The number of hydrogen-bond acceptors (Lipinski definition) is 0. The SMILES string of the molecule is CCc1ccc(-c2cc(CC)cc(CP)c2)cc1. The van der Waals surface area contributed by atoms with E-state index in [9.17, 15) is 0 Å². The zero-order valence-electron chi connectivity index (χ0n) is 11.2. The molecule has 0 radical (unpaired) electrons. The van der Waals surface area contributed by atoms with Gasteiger partial charge < -0.3 is 0 Å². The van der Waals surface area contributed by atoms with Crippen molar-refractivity contribution in [2.24, 2.45) is 0 Å². The van der Waals surface area contributed by atoms with Crippen molar-refractivity contribution in [2.45, 2.75) is 32.9 Å². The highest BCUT2D eigenvalue weighted by Crippen LogP contribution is 2.24. The summed E-state index contributed by atoms with van der Waals surface area (Å²) in [6.07, 6.45) is 3.22. The first-order chi connectivity index (χ1) is 8.76. The topological polar surface area (TPSA) is 0 Å². The molecular formula is C17H21P. The van der Waals surface area contributed by atoms with Gasteiger partial charge in [-0.1, -0.05) is 56.3 Å². The van der Waals surface area contributed by atoms with E-state index in [0.717, 1.165) is 19.0 Å². The summed E-state index contributed by atoms with van der Waals surface area (Å²) >= 11 is 0. The average Bonchev–Trinajstić information content (AvgIpc) is 2.46. The molecule has 0 nitrogen and oxygen atoms in total. The van der Waals surface area contributed by atoms with Crippen molar-refractivity contribution in [1.82, 2.24) is 0 Å². The fourth-order valence-corrected chi connectivity index (χ4v) is 2.42. The van der Waals surface area contributed by atoms with Crippen LogP contribution in [0.2, 0.25) is 0 Å². The fourth-order valence-electron chi connectivity index (χ4n) is 2.18. The van der Waals surface area contributed by atoms with Gasteiger partial charge in [0.2, 0.25) is 0 Å². The van der Waals surface area contributed by atoms with E-state index in [4.69, 9.17) is 0 Å². The van der Waals surface area contributed by atoms with Gasteiger partial charge in [-0.25, -0.2) is 0 Å². The van der Waals surface area contributed by atoms with Gasteiger partial charge in [0, 0.05) is 0 Å². The highest BCUT2D eigenvalue weighted by atomic mass is 31.0. The molecule has 2 rings (SSSR count). The van der Waals surface area contributed by atoms with E-state index in [0.29, 0.717) is 0 Å². The Morgan fingerprint density at radius 1 is 0.722 bits per heavy atom. The van der Waals surface area contributed by atoms with Crippen LogP contribution in [0.5, 0.6) is 0 Å². The summed E-state index contributed by atoms with van der Waals surface area (Å²) < 4.78 is 0. The van der Waals surface area contributed by atoms with Gasteiger partial charge in [-0.3, -0.25) is 0 Å². The van der Waals surface area contributed by atoms with Crippen molar-refractivity contribution < 1.29 is 0 Å². The molecule has 0 bridgehead atoms. The molecule has 1 atom stereocenters. The Balaban J connectivity index is 2.41. The van der Waals surface area contributed by atoms with E-state index in [2.05, 4.69) is 65.6 Å². The van der Waals surface area contributed by atoms with E-state index in [1.165, 1.54) is 27.8 Å². The number of aryl methyl sites for hydroxylation is 2. The summed E-state index contributed by atoms with van der Waals surface area (Å²) in [4.78, 5) is 0. The van der Waals surface area contributed by atoms with Gasteiger partial charge in [-0.15, -0.1) is 9.24 Å². The zero-order valence-corrected chi connectivity index (χ0v) is 12.4. The van der Waals surface area contributed by atoms with Crippen LogP contribution in [-0.2, 0) is 19.0 Å². The van der Waals surface area contributed by atoms with Crippen molar-refractivity contribution in [1.29, 1.82) is 0 Å². The Hall–Kier alpha value is -1.13. The van der Waals surface area contributed by atoms with E-state index >= 15 is 0 Å². The molecule has 2 aromatic rings. The lowest BCUT2D eigenvalue weighted by Gasteiger charge is -2.08. The maximum atomic E-state index is 2.81. The van der Waals surface area contributed by atoms with Gasteiger partial charge in [0.1, 0.15) is 0 Å². The molecule has 0 N–H and O–H groups in total. The minimum Gasteiger partial charge on any atom is -0.133 e. The first-order valence-electron chi connectivity index (χ1n) is 6.69. The Bertz CT molecular complexity index is 489. The highest BCUT2D eigenvalue weighted by Gasteiger charge is 2.02. The molecule has 18 heavy (non-hydrogen) atoms. The van der Waals surface area contributed by atoms with Gasteiger partial charge in [-0.05, 0) is 46.8 Å². The second kappa shape index (κ2) is 6.16. The molecule has 0 aliphatic heterocycles. The van der Waals surface area contributed by atoms with Crippen LogP contribution < -0.4 is 0 Å². The van der Waals surface area contributed by atoms with Crippen molar-refractivity contribution in [3.05, 3.63) is 59.2 Å². The molecule has 94 valence electrons. The molecule has 0 saturated carbocycles. The van der Waals surface area contributed by atoms with Crippen molar-refractivity contribution in [3.8, 4) is 11.1 Å². The second-order valence-electron chi connectivity index (χ2n) is 4.65. The van der Waals surface area contributed by atoms with E-state index in [1.54, 1.807) is 0 Å². The summed E-state index contributed by atoms with van der Waals surface area (Å²) in [6, 6.07) is 15.8. The summed E-state index contributed by atoms with van der Waals surface area (Å²) in [6.45, 7) is 4.41. The maximum Gasteiger partial charge on any atom is -0.0128 e. The smallest absolute Gasteiger partial charge is 0.0128 e. The van der Waals surface area contributed by atoms with Crippen LogP contribution in [0.3, 0.4) is 0 Å². The number of hydrogen-bond donors (Lipinski definition) is 0. The average molecular weight is 256 g/mol. The van der Waals surface area contributed by atoms with Crippen LogP contribution in [0.1, 0.15) is 30.5 Å². The van der Waals surface area contributed by atoms with E-state index in [-0.39, 0.29) is 0 Å². The first-order valence-corrected chi connectivity index (χ1v) is 7.50. The summed E-state index contributed by atoms with van der Waals surface area (Å²) in [5.41, 5.74) is 6.88. The minimum absolute atomic E-state index is 1.02. The molecule has 0 saturated heterocycles. The Morgan fingerprint density at radius 3 is 1.89 bits per heavy atom. The Morgan fingerprint density at radius 2 is 1.33 bits per heavy atom. The molecule has 0 spiro atoms. The fraction of sp³-hybridized carbons (Fsp3) is 0.294. The molecule has 0 aromatic heterocycles. The van der Waals surface area contributed by atoms with E-state index < -0.39 is 0 Å². The summed E-state index contributed by atoms with van der Waals surface area (Å²) in [5, 5.41) is 0. The van der Waals surface area contributed by atoms with Gasteiger partial charge in [0.15, 0.2) is 0 Å². The lowest BCUT2D eigenvalue weighted by molar-refractivity contribution is 1.13. The quantitative estimate of drug-likeness (QED) is 0.686. The van der Waals surface area contributed by atoms with Crippen LogP contribution in [-0.4, -0.2) is 0 Å². The lowest BCUT2D eigenvalue weighted by Crippen LogP contribution is -1.88. The van der Waals surface area contributed by atoms with E-state index in [1.807, 2.05) is 0 Å². The summed E-state index contributed by atoms with van der Waals surface area (Å²) in [5.74, 6) is 0. The van der Waals surface area contributed by atoms with Crippen molar-refractivity contribution in [3.63, 3.8) is 0 Å². The maximum absolute atomic E-state index is 2.81. The molecule has 0 aliphatic rings.